The molecule has 1 unspecified atom stereocenters. The fourth-order valence-electron chi connectivity index (χ4n) is 5.41. The van der Waals surface area contributed by atoms with Crippen LogP contribution in [0.1, 0.15) is 48.8 Å². The third kappa shape index (κ3) is 4.39. The highest BCUT2D eigenvalue weighted by atomic mass is 35.5. The molecule has 0 N–H and O–H groups in total. The summed E-state index contributed by atoms with van der Waals surface area (Å²) in [6, 6.07) is 18.3. The van der Waals surface area contributed by atoms with E-state index in [1.165, 1.54) is 17.7 Å². The maximum atomic E-state index is 15.3. The van der Waals surface area contributed by atoms with Crippen LogP contribution >= 0.6 is 11.6 Å². The zero-order valence-corrected chi connectivity index (χ0v) is 19.5. The van der Waals surface area contributed by atoms with E-state index in [1.54, 1.807) is 12.1 Å². The summed E-state index contributed by atoms with van der Waals surface area (Å²) in [6.07, 6.45) is 3.43. The van der Waals surface area contributed by atoms with Gasteiger partial charge in [0, 0.05) is 25.3 Å². The molecule has 2 heterocycles. The molecular formula is C27H26ClF2N3O. The van der Waals surface area contributed by atoms with Gasteiger partial charge in [-0.1, -0.05) is 48.0 Å². The van der Waals surface area contributed by atoms with E-state index in [0.717, 1.165) is 31.2 Å². The Kier molecular flexibility index (Phi) is 6.50. The van der Waals surface area contributed by atoms with Crippen LogP contribution in [0.5, 0.6) is 0 Å². The van der Waals surface area contributed by atoms with E-state index >= 15 is 8.78 Å². The monoisotopic (exact) mass is 481 g/mol. The second-order valence-electron chi connectivity index (χ2n) is 9.08. The zero-order valence-electron chi connectivity index (χ0n) is 18.8. The van der Waals surface area contributed by atoms with Crippen molar-refractivity contribution in [3.63, 3.8) is 0 Å². The van der Waals surface area contributed by atoms with Gasteiger partial charge >= 0.3 is 0 Å². The van der Waals surface area contributed by atoms with Crippen LogP contribution in [0.3, 0.4) is 0 Å². The van der Waals surface area contributed by atoms with Crippen molar-refractivity contribution in [2.45, 2.75) is 37.6 Å². The summed E-state index contributed by atoms with van der Waals surface area (Å²) in [7, 11) is 0. The lowest BCUT2D eigenvalue weighted by molar-refractivity contribution is 0.486. The normalized spacial score (nSPS) is 19.0. The van der Waals surface area contributed by atoms with Gasteiger partial charge in [-0.3, -0.25) is 0 Å². The second kappa shape index (κ2) is 9.71. The smallest absolute Gasteiger partial charge is 0.151 e. The third-order valence-electron chi connectivity index (χ3n) is 7.12. The van der Waals surface area contributed by atoms with Gasteiger partial charge in [-0.05, 0) is 72.2 Å². The van der Waals surface area contributed by atoms with Gasteiger partial charge in [0.05, 0.1) is 11.1 Å². The van der Waals surface area contributed by atoms with E-state index in [1.807, 2.05) is 34.1 Å². The Balaban J connectivity index is 1.35. The van der Waals surface area contributed by atoms with Gasteiger partial charge in [0.1, 0.15) is 11.4 Å². The number of nitroso groups, excluding NO2 is 1. The molecule has 0 aliphatic carbocycles. The van der Waals surface area contributed by atoms with Gasteiger partial charge in [0.15, 0.2) is 11.6 Å². The molecule has 7 heteroatoms. The Morgan fingerprint density at radius 2 is 1.56 bits per heavy atom. The first-order valence-corrected chi connectivity index (χ1v) is 12.1. The predicted molar refractivity (Wildman–Crippen MR) is 133 cm³/mol. The number of rotatable bonds is 5. The SMILES string of the molecule is O=Nc1cc(C2CCCN2c2cc(F)c(N3CCC(c4ccccc4)CC3)c(F)c2)ccc1Cl. The van der Waals surface area contributed by atoms with Crippen molar-refractivity contribution in [3.8, 4) is 0 Å². The number of nitrogens with zero attached hydrogens (tertiary/aromatic N) is 3. The largest absolute Gasteiger partial charge is 0.367 e. The van der Waals surface area contributed by atoms with Crippen molar-refractivity contribution in [3.05, 3.63) is 93.4 Å². The van der Waals surface area contributed by atoms with Crippen LogP contribution in [0.15, 0.2) is 65.8 Å². The Bertz CT molecular complexity index is 1160. The van der Waals surface area contributed by atoms with Crippen LogP contribution in [0.25, 0.3) is 0 Å². The number of piperidine rings is 1. The zero-order chi connectivity index (χ0) is 23.7. The Morgan fingerprint density at radius 1 is 0.853 bits per heavy atom. The van der Waals surface area contributed by atoms with Gasteiger partial charge in [0.25, 0.3) is 0 Å². The van der Waals surface area contributed by atoms with Crippen molar-refractivity contribution >= 4 is 28.7 Å². The predicted octanol–water partition coefficient (Wildman–Crippen LogP) is 7.74. The molecule has 176 valence electrons. The van der Waals surface area contributed by atoms with E-state index in [4.69, 9.17) is 11.6 Å². The molecule has 0 bridgehead atoms. The van der Waals surface area contributed by atoms with Crippen LogP contribution < -0.4 is 9.80 Å². The molecule has 2 aliphatic heterocycles. The van der Waals surface area contributed by atoms with E-state index < -0.39 is 11.6 Å². The summed E-state index contributed by atoms with van der Waals surface area (Å²) >= 11 is 6.02. The molecule has 2 saturated heterocycles. The number of halogens is 3. The molecule has 0 spiro atoms. The molecule has 2 fully saturated rings. The van der Waals surface area contributed by atoms with Crippen molar-refractivity contribution in [2.75, 3.05) is 29.4 Å². The van der Waals surface area contributed by atoms with Crippen molar-refractivity contribution in [1.29, 1.82) is 0 Å². The minimum Gasteiger partial charge on any atom is -0.367 e. The molecule has 4 nitrogen and oxygen atoms in total. The molecule has 3 aromatic carbocycles. The first-order valence-electron chi connectivity index (χ1n) is 11.7. The molecule has 5 rings (SSSR count). The third-order valence-corrected chi connectivity index (χ3v) is 7.44. The van der Waals surface area contributed by atoms with Crippen LogP contribution in [0.2, 0.25) is 5.02 Å². The first-order chi connectivity index (χ1) is 16.5. The van der Waals surface area contributed by atoms with E-state index in [9.17, 15) is 4.91 Å². The average Bonchev–Trinajstić information content (AvgIpc) is 3.35. The lowest BCUT2D eigenvalue weighted by Crippen LogP contribution is -2.34. The molecule has 2 aliphatic rings. The summed E-state index contributed by atoms with van der Waals surface area (Å²) in [5, 5.41) is 3.28. The number of hydrogen-bond donors (Lipinski definition) is 0. The second-order valence-corrected chi connectivity index (χ2v) is 9.49. The summed E-state index contributed by atoms with van der Waals surface area (Å²) in [5.74, 6) is -0.659. The van der Waals surface area contributed by atoms with Gasteiger partial charge in [-0.15, -0.1) is 4.91 Å². The summed E-state index contributed by atoms with van der Waals surface area (Å²) in [5.41, 5.74) is 2.90. The molecular weight excluding hydrogens is 456 g/mol. The van der Waals surface area contributed by atoms with E-state index in [-0.39, 0.29) is 17.4 Å². The van der Waals surface area contributed by atoms with E-state index in [2.05, 4.69) is 17.3 Å². The Labute approximate surface area is 203 Å². The van der Waals surface area contributed by atoms with Crippen LogP contribution in [0.4, 0.5) is 25.8 Å². The number of anilines is 2. The summed E-state index contributed by atoms with van der Waals surface area (Å²) < 4.78 is 30.6. The average molecular weight is 482 g/mol. The van der Waals surface area contributed by atoms with Crippen LogP contribution in [-0.2, 0) is 0 Å². The van der Waals surface area contributed by atoms with Gasteiger partial charge in [-0.2, -0.15) is 0 Å². The van der Waals surface area contributed by atoms with Crippen molar-refractivity contribution in [1.82, 2.24) is 0 Å². The quantitative estimate of drug-likeness (QED) is 0.349. The highest BCUT2D eigenvalue weighted by Crippen LogP contribution is 2.41. The van der Waals surface area contributed by atoms with Crippen molar-refractivity contribution in [2.24, 2.45) is 5.18 Å². The first kappa shape index (κ1) is 22.8. The van der Waals surface area contributed by atoms with Gasteiger partial charge in [0.2, 0.25) is 0 Å². The molecule has 0 saturated carbocycles. The Morgan fingerprint density at radius 3 is 2.24 bits per heavy atom. The maximum absolute atomic E-state index is 15.3. The molecule has 0 radical (unpaired) electrons. The Hall–Kier alpha value is -2.99. The van der Waals surface area contributed by atoms with Gasteiger partial charge < -0.3 is 9.80 Å². The highest BCUT2D eigenvalue weighted by Gasteiger charge is 2.30. The minimum absolute atomic E-state index is 0.0601. The lowest BCUT2D eigenvalue weighted by Gasteiger charge is -2.35. The molecule has 34 heavy (non-hydrogen) atoms. The maximum Gasteiger partial charge on any atom is 0.151 e. The highest BCUT2D eigenvalue weighted by molar-refractivity contribution is 6.33. The fraction of sp³-hybridized carbons (Fsp3) is 0.333. The number of hydrogen-bond acceptors (Lipinski definition) is 4. The molecule has 0 amide bonds. The molecule has 0 aromatic heterocycles. The molecule has 3 aromatic rings. The summed E-state index contributed by atoms with van der Waals surface area (Å²) in [6.45, 7) is 1.91. The minimum atomic E-state index is -0.537. The standard InChI is InChI=1S/C27H26ClF2N3O/c28-22-9-8-20(15-25(22)31-34)26-7-4-12-33(26)21-16-23(29)27(24(30)17-21)32-13-10-19(11-14-32)18-5-2-1-3-6-18/h1-3,5-6,8-9,15-17,19,26H,4,7,10-14H2. The topological polar surface area (TPSA) is 35.9 Å². The van der Waals surface area contributed by atoms with Gasteiger partial charge in [-0.25, -0.2) is 8.78 Å². The summed E-state index contributed by atoms with van der Waals surface area (Å²) in [4.78, 5) is 14.9. The fourth-order valence-corrected chi connectivity index (χ4v) is 5.56. The molecule has 1 atom stereocenters. The van der Waals surface area contributed by atoms with E-state index in [0.29, 0.717) is 36.3 Å². The number of benzene rings is 3. The van der Waals surface area contributed by atoms with Crippen molar-refractivity contribution < 1.29 is 8.78 Å². The van der Waals surface area contributed by atoms with Crippen LogP contribution in [0, 0.1) is 16.5 Å². The van der Waals surface area contributed by atoms with Crippen LogP contribution in [-0.4, -0.2) is 19.6 Å². The lowest BCUT2D eigenvalue weighted by atomic mass is 9.89.